The molecule has 0 spiro atoms. The van der Waals surface area contributed by atoms with Gasteiger partial charge in [-0.25, -0.2) is 13.1 Å². The number of amides is 2. The molecule has 0 saturated heterocycles. The van der Waals surface area contributed by atoms with Crippen LogP contribution in [-0.2, 0) is 16.4 Å². The number of nitrogens with one attached hydrogen (secondary N) is 3. The molecule has 3 N–H and O–H groups in total. The van der Waals surface area contributed by atoms with E-state index in [-0.39, 0.29) is 22.9 Å². The van der Waals surface area contributed by atoms with Gasteiger partial charge in [-0.05, 0) is 61.0 Å². The van der Waals surface area contributed by atoms with Crippen LogP contribution in [0.1, 0.15) is 15.9 Å². The molecular weight excluding hydrogens is 545 g/mol. The first kappa shape index (κ1) is 27.8. The van der Waals surface area contributed by atoms with E-state index in [1.807, 2.05) is 4.72 Å². The van der Waals surface area contributed by atoms with E-state index in [0.29, 0.717) is 50.9 Å². The van der Waals surface area contributed by atoms with E-state index in [4.69, 9.17) is 27.9 Å². The summed E-state index contributed by atoms with van der Waals surface area (Å²) in [6.45, 7) is 0.218. The normalized spacial score (nSPS) is 11.1. The minimum Gasteiger partial charge on any atom is -0.496 e. The van der Waals surface area contributed by atoms with E-state index >= 15 is 0 Å². The Morgan fingerprint density at radius 3 is 2.33 bits per heavy atom. The van der Waals surface area contributed by atoms with Crippen molar-refractivity contribution in [1.29, 1.82) is 0 Å². The van der Waals surface area contributed by atoms with Gasteiger partial charge in [-0.1, -0.05) is 47.5 Å². The van der Waals surface area contributed by atoms with Gasteiger partial charge in [-0.3, -0.25) is 14.3 Å². The molecule has 3 aromatic carbocycles. The minimum absolute atomic E-state index is 0.0739. The lowest BCUT2D eigenvalue weighted by Crippen LogP contribution is -2.29. The zero-order valence-electron chi connectivity index (χ0n) is 19.3. The molecule has 0 aromatic heterocycles. The van der Waals surface area contributed by atoms with Crippen LogP contribution >= 0.6 is 35.1 Å². The van der Waals surface area contributed by atoms with Gasteiger partial charge in [0, 0.05) is 34.1 Å². The van der Waals surface area contributed by atoms with Crippen molar-refractivity contribution in [3.8, 4) is 16.9 Å². The van der Waals surface area contributed by atoms with Crippen molar-refractivity contribution < 1.29 is 22.7 Å². The molecule has 2 amide bonds. The Hall–Kier alpha value is -2.76. The van der Waals surface area contributed by atoms with Gasteiger partial charge in [-0.2, -0.15) is 0 Å². The van der Waals surface area contributed by atoms with Gasteiger partial charge in [0.25, 0.3) is 15.9 Å². The third-order valence-electron chi connectivity index (χ3n) is 5.01. The molecule has 0 fully saturated rings. The van der Waals surface area contributed by atoms with Gasteiger partial charge in [-0.15, -0.1) is 0 Å². The van der Waals surface area contributed by atoms with Crippen molar-refractivity contribution >= 4 is 56.3 Å². The monoisotopic (exact) mass is 567 g/mol. The predicted molar refractivity (Wildman–Crippen MR) is 143 cm³/mol. The van der Waals surface area contributed by atoms with E-state index in [1.54, 1.807) is 48.5 Å². The maximum atomic E-state index is 13.1. The fraction of sp³-hybridized carbons (Fsp3) is 0.167. The number of benzene rings is 3. The third kappa shape index (κ3) is 7.14. The van der Waals surface area contributed by atoms with E-state index in [1.165, 1.54) is 26.3 Å². The Kier molecular flexibility index (Phi) is 9.63. The summed E-state index contributed by atoms with van der Waals surface area (Å²) in [6.07, 6.45) is 0.331. The highest BCUT2D eigenvalue weighted by Crippen LogP contribution is 2.30. The largest absolute Gasteiger partial charge is 0.496 e. The fourth-order valence-electron chi connectivity index (χ4n) is 3.36. The number of carbonyl (C=O) groups is 2. The molecule has 0 aliphatic heterocycles. The number of carbonyl (C=O) groups excluding carboxylic acids is 2. The number of hydrogen-bond donors (Lipinski definition) is 3. The summed E-state index contributed by atoms with van der Waals surface area (Å²) in [6, 6.07) is 16.3. The molecular formula is C24H23Cl2N3O5S2. The van der Waals surface area contributed by atoms with Crippen molar-refractivity contribution in [2.75, 3.05) is 20.7 Å². The second-order valence-corrected chi connectivity index (χ2v) is 10.9. The van der Waals surface area contributed by atoms with Crippen molar-refractivity contribution in [3.05, 3.63) is 81.8 Å². The van der Waals surface area contributed by atoms with Crippen LogP contribution in [0.5, 0.6) is 5.75 Å². The SMILES string of the molecule is CNSC(=O)NS(=O)(=O)c1cc(CCNC(=O)c2cc(Cl)ccc2OC)ccc1-c1ccc(Cl)cc1. The molecule has 36 heavy (non-hydrogen) atoms. The third-order valence-corrected chi connectivity index (χ3v) is 7.49. The van der Waals surface area contributed by atoms with Crippen LogP contribution in [0.4, 0.5) is 4.79 Å². The average Bonchev–Trinajstić information content (AvgIpc) is 2.84. The average molecular weight is 569 g/mol. The van der Waals surface area contributed by atoms with Crippen LogP contribution < -0.4 is 19.5 Å². The minimum atomic E-state index is -4.20. The molecule has 8 nitrogen and oxygen atoms in total. The molecule has 190 valence electrons. The second-order valence-electron chi connectivity index (χ2n) is 7.39. The van der Waals surface area contributed by atoms with Gasteiger partial charge >= 0.3 is 5.24 Å². The van der Waals surface area contributed by atoms with E-state index in [9.17, 15) is 18.0 Å². The van der Waals surface area contributed by atoms with Crippen molar-refractivity contribution in [2.45, 2.75) is 11.3 Å². The lowest BCUT2D eigenvalue weighted by Gasteiger charge is -2.14. The topological polar surface area (TPSA) is 114 Å². The maximum absolute atomic E-state index is 13.1. The zero-order chi connectivity index (χ0) is 26.3. The summed E-state index contributed by atoms with van der Waals surface area (Å²) in [5.41, 5.74) is 1.94. The van der Waals surface area contributed by atoms with Crippen LogP contribution in [0.3, 0.4) is 0 Å². The predicted octanol–water partition coefficient (Wildman–Crippen LogP) is 4.91. The quantitative estimate of drug-likeness (QED) is 0.315. The number of ether oxygens (including phenoxy) is 1. The van der Waals surface area contributed by atoms with Gasteiger partial charge in [0.05, 0.1) is 17.6 Å². The molecule has 0 saturated carbocycles. The van der Waals surface area contributed by atoms with Gasteiger partial charge in [0.15, 0.2) is 0 Å². The molecule has 0 aliphatic rings. The molecule has 0 unspecified atom stereocenters. The van der Waals surface area contributed by atoms with Crippen LogP contribution in [-0.4, -0.2) is 40.3 Å². The molecule has 0 atom stereocenters. The first-order valence-electron chi connectivity index (χ1n) is 10.6. The Balaban J connectivity index is 1.85. The van der Waals surface area contributed by atoms with Crippen LogP contribution in [0.15, 0.2) is 65.6 Å². The van der Waals surface area contributed by atoms with Crippen LogP contribution in [0.2, 0.25) is 10.0 Å². The van der Waals surface area contributed by atoms with Crippen LogP contribution in [0, 0.1) is 0 Å². The number of rotatable bonds is 9. The summed E-state index contributed by atoms with van der Waals surface area (Å²) >= 11 is 12.6. The molecule has 3 aromatic rings. The maximum Gasteiger partial charge on any atom is 0.307 e. The van der Waals surface area contributed by atoms with Crippen LogP contribution in [0.25, 0.3) is 11.1 Å². The number of sulfonamides is 1. The Bertz CT molecular complexity index is 1370. The first-order chi connectivity index (χ1) is 17.1. The van der Waals surface area contributed by atoms with Crippen molar-refractivity contribution in [2.24, 2.45) is 0 Å². The van der Waals surface area contributed by atoms with Gasteiger partial charge in [0.2, 0.25) is 0 Å². The van der Waals surface area contributed by atoms with E-state index in [2.05, 4.69) is 10.0 Å². The Labute approximate surface area is 223 Å². The Morgan fingerprint density at radius 2 is 1.67 bits per heavy atom. The van der Waals surface area contributed by atoms with E-state index < -0.39 is 15.3 Å². The molecule has 0 aliphatic carbocycles. The molecule has 0 heterocycles. The lowest BCUT2D eigenvalue weighted by atomic mass is 10.0. The number of methoxy groups -OCH3 is 1. The highest BCUT2D eigenvalue weighted by atomic mass is 35.5. The van der Waals surface area contributed by atoms with Crippen molar-refractivity contribution in [3.63, 3.8) is 0 Å². The summed E-state index contributed by atoms with van der Waals surface area (Å²) in [5, 5.41) is 2.92. The van der Waals surface area contributed by atoms with Gasteiger partial charge in [0.1, 0.15) is 5.75 Å². The first-order valence-corrected chi connectivity index (χ1v) is 13.6. The smallest absolute Gasteiger partial charge is 0.307 e. The molecule has 0 radical (unpaired) electrons. The zero-order valence-corrected chi connectivity index (χ0v) is 22.4. The summed E-state index contributed by atoms with van der Waals surface area (Å²) in [7, 11) is -1.24. The molecule has 12 heteroatoms. The lowest BCUT2D eigenvalue weighted by molar-refractivity contribution is 0.0951. The standard InChI is InChI=1S/C24H23Cl2N3O5S2/c1-27-35-24(31)29-36(32,33)22-13-15(3-9-19(22)16-4-6-17(25)7-5-16)11-12-28-23(30)20-14-18(26)8-10-21(20)34-2/h3-10,13-14,27H,11-12H2,1-2H3,(H,28,30)(H,29,31). The second kappa shape index (κ2) is 12.5. The summed E-state index contributed by atoms with van der Waals surface area (Å²) < 4.78 is 36.0. The van der Waals surface area contributed by atoms with Gasteiger partial charge < -0.3 is 10.1 Å². The molecule has 0 bridgehead atoms. The van der Waals surface area contributed by atoms with E-state index in [0.717, 1.165) is 0 Å². The highest BCUT2D eigenvalue weighted by molar-refractivity contribution is 8.13. The fourth-order valence-corrected chi connectivity index (χ4v) is 5.45. The highest BCUT2D eigenvalue weighted by Gasteiger charge is 2.23. The number of hydrogen-bond acceptors (Lipinski definition) is 7. The van der Waals surface area contributed by atoms with Crippen molar-refractivity contribution in [1.82, 2.24) is 14.8 Å². The molecule has 3 rings (SSSR count). The number of halogens is 2. The summed E-state index contributed by atoms with van der Waals surface area (Å²) in [4.78, 5) is 24.5. The Morgan fingerprint density at radius 1 is 0.972 bits per heavy atom. The summed E-state index contributed by atoms with van der Waals surface area (Å²) in [5.74, 6) is 0.00381.